The molecule has 0 spiro atoms. The summed E-state index contributed by atoms with van der Waals surface area (Å²) in [5.41, 5.74) is 1.04. The van der Waals surface area contributed by atoms with Crippen LogP contribution in [0.2, 0.25) is 0 Å². The Morgan fingerprint density at radius 2 is 2.12 bits per heavy atom. The summed E-state index contributed by atoms with van der Waals surface area (Å²) < 4.78 is 36.0. The summed E-state index contributed by atoms with van der Waals surface area (Å²) in [7, 11) is 0. The van der Waals surface area contributed by atoms with Gasteiger partial charge >= 0.3 is 6.03 Å². The molecule has 0 aliphatic carbocycles. The van der Waals surface area contributed by atoms with E-state index in [1.807, 2.05) is 0 Å². The molecule has 0 unspecified atom stereocenters. The monoisotopic (exact) mass is 343 g/mol. The molecule has 1 heterocycles. The fourth-order valence-electron chi connectivity index (χ4n) is 2.20. The first-order valence-electron chi connectivity index (χ1n) is 7.41. The maximum absolute atomic E-state index is 13.6. The summed E-state index contributed by atoms with van der Waals surface area (Å²) >= 11 is 0. The minimum Gasteiger partial charge on any atom is -0.467 e. The molecule has 132 valence electrons. The maximum atomic E-state index is 13.6. The Bertz CT molecular complexity index is 613. The van der Waals surface area contributed by atoms with E-state index in [9.17, 15) is 18.4 Å². The number of alkyl halides is 1. The van der Waals surface area contributed by atoms with Crippen molar-refractivity contribution in [2.45, 2.75) is 26.1 Å². The lowest BCUT2D eigenvalue weighted by Crippen LogP contribution is -2.48. The molecule has 1 aromatic rings. The lowest BCUT2D eigenvalue weighted by atomic mass is 10.1. The standard InChI is InChI=1S/C15H19F2N3O4/c1-9(14(21)18-3-2-16)20-15(22)19-6-10-4-12(17)5-11-7-23-8-24-13(10)11/h4-5,9H,2-3,6-8H2,1H3,(H,18,21)(H2,19,20,22)/t9-/m1/s1. The van der Waals surface area contributed by atoms with Crippen molar-refractivity contribution in [3.63, 3.8) is 0 Å². The Hall–Kier alpha value is -2.42. The smallest absolute Gasteiger partial charge is 0.315 e. The van der Waals surface area contributed by atoms with Gasteiger partial charge in [-0.3, -0.25) is 4.79 Å². The number of benzene rings is 1. The lowest BCUT2D eigenvalue weighted by Gasteiger charge is -2.21. The first kappa shape index (κ1) is 17.9. The van der Waals surface area contributed by atoms with E-state index in [1.54, 1.807) is 0 Å². The topological polar surface area (TPSA) is 88.7 Å². The van der Waals surface area contributed by atoms with Gasteiger partial charge in [-0.15, -0.1) is 0 Å². The van der Waals surface area contributed by atoms with Crippen molar-refractivity contribution in [1.29, 1.82) is 0 Å². The quantitative estimate of drug-likeness (QED) is 0.718. The minimum absolute atomic E-state index is 0.0186. The number of carbonyl (C=O) groups excluding carboxylic acids is 2. The molecule has 1 aliphatic rings. The van der Waals surface area contributed by atoms with E-state index >= 15 is 0 Å². The zero-order valence-corrected chi connectivity index (χ0v) is 13.2. The molecule has 3 amide bonds. The van der Waals surface area contributed by atoms with Crippen LogP contribution in [0.3, 0.4) is 0 Å². The third-order valence-electron chi connectivity index (χ3n) is 3.33. The number of halogens is 2. The number of rotatable bonds is 6. The van der Waals surface area contributed by atoms with Gasteiger partial charge in [-0.05, 0) is 19.1 Å². The molecular weight excluding hydrogens is 324 g/mol. The highest BCUT2D eigenvalue weighted by Crippen LogP contribution is 2.29. The van der Waals surface area contributed by atoms with Crippen molar-refractivity contribution in [1.82, 2.24) is 16.0 Å². The van der Waals surface area contributed by atoms with Gasteiger partial charge in [0.15, 0.2) is 6.79 Å². The molecule has 0 aromatic heterocycles. The molecule has 7 nitrogen and oxygen atoms in total. The summed E-state index contributed by atoms with van der Waals surface area (Å²) in [5.74, 6) is -0.470. The van der Waals surface area contributed by atoms with Gasteiger partial charge in [0.1, 0.15) is 24.3 Å². The molecule has 1 aromatic carbocycles. The van der Waals surface area contributed by atoms with Crippen LogP contribution in [0.5, 0.6) is 5.75 Å². The number of carbonyl (C=O) groups is 2. The fraction of sp³-hybridized carbons (Fsp3) is 0.467. The average Bonchev–Trinajstić information content (AvgIpc) is 2.57. The number of fused-ring (bicyclic) bond motifs is 1. The number of nitrogens with one attached hydrogen (secondary N) is 3. The van der Waals surface area contributed by atoms with Gasteiger partial charge in [-0.1, -0.05) is 0 Å². The molecule has 2 rings (SSSR count). The summed E-state index contributed by atoms with van der Waals surface area (Å²) in [6.45, 7) is 0.991. The molecule has 0 saturated heterocycles. The summed E-state index contributed by atoms with van der Waals surface area (Å²) in [6, 6.07) is 1.14. The van der Waals surface area contributed by atoms with Crippen LogP contribution >= 0.6 is 0 Å². The first-order chi connectivity index (χ1) is 11.5. The Balaban J connectivity index is 1.90. The summed E-state index contributed by atoms with van der Waals surface area (Å²) in [6.07, 6.45) is 0. The second kappa shape index (κ2) is 8.44. The van der Waals surface area contributed by atoms with Gasteiger partial charge in [-0.25, -0.2) is 13.6 Å². The van der Waals surface area contributed by atoms with Crippen LogP contribution in [0.1, 0.15) is 18.1 Å². The molecule has 1 atom stereocenters. The molecule has 0 saturated carbocycles. The number of amides is 3. The highest BCUT2D eigenvalue weighted by atomic mass is 19.1. The van der Waals surface area contributed by atoms with Crippen LogP contribution in [0.4, 0.5) is 13.6 Å². The van der Waals surface area contributed by atoms with E-state index in [4.69, 9.17) is 9.47 Å². The van der Waals surface area contributed by atoms with Crippen molar-refractivity contribution < 1.29 is 27.8 Å². The van der Waals surface area contributed by atoms with Gasteiger partial charge in [0.2, 0.25) is 5.91 Å². The molecule has 0 bridgehead atoms. The van der Waals surface area contributed by atoms with Gasteiger partial charge in [0, 0.05) is 24.2 Å². The second-order valence-electron chi connectivity index (χ2n) is 5.19. The predicted molar refractivity (Wildman–Crippen MR) is 80.5 cm³/mol. The zero-order chi connectivity index (χ0) is 17.5. The first-order valence-corrected chi connectivity index (χ1v) is 7.41. The highest BCUT2D eigenvalue weighted by Gasteiger charge is 2.18. The van der Waals surface area contributed by atoms with Crippen molar-refractivity contribution in [3.8, 4) is 5.75 Å². The van der Waals surface area contributed by atoms with E-state index < -0.39 is 30.5 Å². The van der Waals surface area contributed by atoms with Gasteiger partial charge in [0.25, 0.3) is 0 Å². The van der Waals surface area contributed by atoms with E-state index in [2.05, 4.69) is 16.0 Å². The molecule has 0 radical (unpaired) electrons. The summed E-state index contributed by atoms with van der Waals surface area (Å²) in [5, 5.41) is 7.26. The van der Waals surface area contributed by atoms with Crippen molar-refractivity contribution in [2.24, 2.45) is 0 Å². The average molecular weight is 343 g/mol. The number of hydrogen-bond acceptors (Lipinski definition) is 4. The van der Waals surface area contributed by atoms with E-state index in [0.29, 0.717) is 16.9 Å². The Labute approximate surface area is 137 Å². The van der Waals surface area contributed by atoms with Crippen LogP contribution in [0.15, 0.2) is 12.1 Å². The van der Waals surface area contributed by atoms with Crippen molar-refractivity contribution in [2.75, 3.05) is 20.0 Å². The Morgan fingerprint density at radius 3 is 2.88 bits per heavy atom. The number of urea groups is 1. The highest BCUT2D eigenvalue weighted by molar-refractivity contribution is 5.86. The number of ether oxygens (including phenoxy) is 2. The number of hydrogen-bond donors (Lipinski definition) is 3. The van der Waals surface area contributed by atoms with E-state index in [1.165, 1.54) is 19.1 Å². The van der Waals surface area contributed by atoms with E-state index in [-0.39, 0.29) is 26.5 Å². The van der Waals surface area contributed by atoms with Crippen LogP contribution < -0.4 is 20.7 Å². The summed E-state index contributed by atoms with van der Waals surface area (Å²) in [4.78, 5) is 23.4. The third-order valence-corrected chi connectivity index (χ3v) is 3.33. The second-order valence-corrected chi connectivity index (χ2v) is 5.19. The third kappa shape index (κ3) is 4.79. The van der Waals surface area contributed by atoms with Crippen LogP contribution in [0.25, 0.3) is 0 Å². The van der Waals surface area contributed by atoms with Crippen LogP contribution in [-0.2, 0) is 22.7 Å². The minimum atomic E-state index is -0.831. The normalized spacial score (nSPS) is 14.1. The SMILES string of the molecule is C[C@@H](NC(=O)NCc1cc(F)cc2c1OCOC2)C(=O)NCCF. The molecule has 9 heteroatoms. The Kier molecular flexibility index (Phi) is 6.30. The molecule has 1 aliphatic heterocycles. The lowest BCUT2D eigenvalue weighted by molar-refractivity contribution is -0.122. The largest absolute Gasteiger partial charge is 0.467 e. The van der Waals surface area contributed by atoms with Gasteiger partial charge in [-0.2, -0.15) is 0 Å². The van der Waals surface area contributed by atoms with Gasteiger partial charge < -0.3 is 25.4 Å². The molecule has 24 heavy (non-hydrogen) atoms. The van der Waals surface area contributed by atoms with Crippen LogP contribution in [0, 0.1) is 5.82 Å². The predicted octanol–water partition coefficient (Wildman–Crippen LogP) is 0.966. The van der Waals surface area contributed by atoms with Gasteiger partial charge in [0.05, 0.1) is 6.61 Å². The van der Waals surface area contributed by atoms with E-state index in [0.717, 1.165) is 0 Å². The van der Waals surface area contributed by atoms with Crippen molar-refractivity contribution >= 4 is 11.9 Å². The van der Waals surface area contributed by atoms with Crippen LogP contribution in [-0.4, -0.2) is 38.0 Å². The fourth-order valence-corrected chi connectivity index (χ4v) is 2.20. The van der Waals surface area contributed by atoms with Crippen molar-refractivity contribution in [3.05, 3.63) is 29.1 Å². The molecular formula is C15H19F2N3O4. The Morgan fingerprint density at radius 1 is 1.33 bits per heavy atom. The maximum Gasteiger partial charge on any atom is 0.315 e. The molecule has 0 fully saturated rings. The molecule has 3 N–H and O–H groups in total. The zero-order valence-electron chi connectivity index (χ0n) is 13.2.